The lowest BCUT2D eigenvalue weighted by molar-refractivity contribution is -0.306. The van der Waals surface area contributed by atoms with Crippen molar-refractivity contribution < 1.29 is 24.6 Å². The largest absolute Gasteiger partial charge is 0.495 e. The summed E-state index contributed by atoms with van der Waals surface area (Å²) in [4.78, 5) is 21.9. The Labute approximate surface area is 138 Å². The number of carbonyl (C=O) groups excluding carboxylic acids is 1. The molecule has 2 aliphatic heterocycles. The first-order chi connectivity index (χ1) is 11.5. The highest BCUT2D eigenvalue weighted by molar-refractivity contribution is 6.09. The highest BCUT2D eigenvalue weighted by atomic mass is 16.7. The molecule has 2 aromatic rings. The van der Waals surface area contributed by atoms with Crippen molar-refractivity contribution in [1.29, 1.82) is 0 Å². The smallest absolute Gasteiger partial charge is 0.280 e. The van der Waals surface area contributed by atoms with Gasteiger partial charge in [0.15, 0.2) is 0 Å². The Morgan fingerprint density at radius 2 is 2.12 bits per heavy atom. The van der Waals surface area contributed by atoms with Gasteiger partial charge in [-0.3, -0.25) is 9.63 Å². The lowest BCUT2D eigenvalue weighted by atomic mass is 9.85. The molecular formula is C17H20N2O5. The summed E-state index contributed by atoms with van der Waals surface area (Å²) in [6.07, 6.45) is -1.24. The van der Waals surface area contributed by atoms with Gasteiger partial charge in [0.05, 0.1) is 24.2 Å². The SMILES string of the molecule is COc1cccc2c(C(=O)N3O[C@@H]4CC[C@H]3[C@@H](O)[C@H]4O)c(C)[nH]c12. The third kappa shape index (κ3) is 2.05. The number of aryl methyl sites for hydroxylation is 1. The van der Waals surface area contributed by atoms with Crippen LogP contribution in [0.3, 0.4) is 0 Å². The number of ether oxygens (including phenoxy) is 1. The van der Waals surface area contributed by atoms with E-state index in [0.717, 1.165) is 10.9 Å². The third-order valence-corrected chi connectivity index (χ3v) is 5.04. The number of hydrogen-bond acceptors (Lipinski definition) is 5. The summed E-state index contributed by atoms with van der Waals surface area (Å²) in [5, 5.41) is 22.1. The molecule has 7 nitrogen and oxygen atoms in total. The molecule has 1 aliphatic carbocycles. The van der Waals surface area contributed by atoms with Crippen LogP contribution in [0.1, 0.15) is 28.9 Å². The number of hydroxylamine groups is 2. The van der Waals surface area contributed by atoms with Crippen molar-refractivity contribution in [2.24, 2.45) is 0 Å². The van der Waals surface area contributed by atoms with E-state index >= 15 is 0 Å². The molecule has 1 aromatic heterocycles. The minimum Gasteiger partial charge on any atom is -0.495 e. The maximum atomic E-state index is 13.1. The van der Waals surface area contributed by atoms with Crippen LogP contribution in [0.15, 0.2) is 18.2 Å². The summed E-state index contributed by atoms with van der Waals surface area (Å²) in [6, 6.07) is 4.97. The monoisotopic (exact) mass is 332 g/mol. The van der Waals surface area contributed by atoms with Crippen molar-refractivity contribution in [1.82, 2.24) is 10.0 Å². The average molecular weight is 332 g/mol. The van der Waals surface area contributed by atoms with Crippen molar-refractivity contribution in [2.45, 2.75) is 44.1 Å². The number of amides is 1. The summed E-state index contributed by atoms with van der Waals surface area (Å²) in [5.74, 6) is 0.346. The van der Waals surface area contributed by atoms with E-state index in [1.807, 2.05) is 25.1 Å². The first-order valence-corrected chi connectivity index (χ1v) is 8.04. The van der Waals surface area contributed by atoms with Crippen molar-refractivity contribution in [3.63, 3.8) is 0 Å². The minimum atomic E-state index is -0.985. The lowest BCUT2D eigenvalue weighted by Gasteiger charge is -2.49. The standard InChI is InChI=1S/C17H20N2O5/c1-8-13(9-4-3-5-11(23-2)14(9)18-8)17(22)19-10-6-7-12(24-19)16(21)15(10)20/h3-5,10,12,15-16,18,20-21H,6-7H2,1-2H3/t10-,12+,15+,16-/m0/s1. The molecule has 7 heteroatoms. The number of nitrogens with zero attached hydrogens (tertiary/aromatic N) is 1. The maximum Gasteiger partial charge on any atom is 0.280 e. The molecular weight excluding hydrogens is 312 g/mol. The molecule has 3 aliphatic rings. The van der Waals surface area contributed by atoms with Crippen LogP contribution >= 0.6 is 0 Å². The molecule has 3 fully saturated rings. The molecule has 1 amide bonds. The van der Waals surface area contributed by atoms with Gasteiger partial charge in [0.2, 0.25) is 0 Å². The average Bonchev–Trinajstić information content (AvgIpc) is 2.94. The van der Waals surface area contributed by atoms with Crippen LogP contribution in [0.25, 0.3) is 10.9 Å². The number of benzene rings is 1. The van der Waals surface area contributed by atoms with E-state index < -0.39 is 24.4 Å². The number of aliphatic hydroxyl groups is 2. The number of fused-ring (bicyclic) bond motifs is 4. The Morgan fingerprint density at radius 1 is 1.33 bits per heavy atom. The molecule has 0 spiro atoms. The summed E-state index contributed by atoms with van der Waals surface area (Å²) in [7, 11) is 1.58. The zero-order chi connectivity index (χ0) is 17.0. The molecule has 5 rings (SSSR count). The van der Waals surface area contributed by atoms with E-state index in [1.165, 1.54) is 5.06 Å². The van der Waals surface area contributed by atoms with Gasteiger partial charge in [0.1, 0.15) is 24.1 Å². The highest BCUT2D eigenvalue weighted by Gasteiger charge is 2.50. The van der Waals surface area contributed by atoms with E-state index in [4.69, 9.17) is 9.57 Å². The molecule has 128 valence electrons. The predicted molar refractivity (Wildman–Crippen MR) is 85.7 cm³/mol. The van der Waals surface area contributed by atoms with Crippen LogP contribution in [0, 0.1) is 6.92 Å². The van der Waals surface area contributed by atoms with E-state index in [9.17, 15) is 15.0 Å². The number of aromatic nitrogens is 1. The first-order valence-electron chi connectivity index (χ1n) is 8.04. The fourth-order valence-corrected chi connectivity index (χ4v) is 3.79. The van der Waals surface area contributed by atoms with Crippen LogP contribution in [0.2, 0.25) is 0 Å². The molecule has 1 aromatic carbocycles. The normalized spacial score (nSPS) is 29.2. The number of H-pyrrole nitrogens is 1. The fraction of sp³-hybridized carbons (Fsp3) is 0.471. The van der Waals surface area contributed by atoms with E-state index in [0.29, 0.717) is 29.8 Å². The highest BCUT2D eigenvalue weighted by Crippen LogP contribution is 2.37. The summed E-state index contributed by atoms with van der Waals surface area (Å²) < 4.78 is 5.34. The Hall–Kier alpha value is -2.09. The molecule has 2 bridgehead atoms. The zero-order valence-corrected chi connectivity index (χ0v) is 13.5. The van der Waals surface area contributed by atoms with Gasteiger partial charge in [-0.05, 0) is 25.8 Å². The molecule has 1 saturated carbocycles. The molecule has 0 unspecified atom stereocenters. The second-order valence-corrected chi connectivity index (χ2v) is 6.41. The van der Waals surface area contributed by atoms with Gasteiger partial charge in [-0.15, -0.1) is 0 Å². The number of aromatic amines is 1. The van der Waals surface area contributed by atoms with Crippen molar-refractivity contribution in [3.8, 4) is 5.75 Å². The fourth-order valence-electron chi connectivity index (χ4n) is 3.79. The van der Waals surface area contributed by atoms with Gasteiger partial charge < -0.3 is 19.9 Å². The van der Waals surface area contributed by atoms with E-state index in [-0.39, 0.29) is 5.91 Å². The van der Waals surface area contributed by atoms with Crippen LogP contribution < -0.4 is 4.74 Å². The number of carbonyl (C=O) groups is 1. The Bertz CT molecular complexity index is 800. The summed E-state index contributed by atoms with van der Waals surface area (Å²) in [5.41, 5.74) is 1.96. The second kappa shape index (κ2) is 5.47. The molecule has 0 radical (unpaired) electrons. The van der Waals surface area contributed by atoms with E-state index in [1.54, 1.807) is 7.11 Å². The minimum absolute atomic E-state index is 0.312. The molecule has 2 saturated heterocycles. The van der Waals surface area contributed by atoms with Gasteiger partial charge in [0.25, 0.3) is 5.91 Å². The van der Waals surface area contributed by atoms with Gasteiger partial charge >= 0.3 is 0 Å². The Morgan fingerprint density at radius 3 is 2.83 bits per heavy atom. The van der Waals surface area contributed by atoms with Crippen LogP contribution in [-0.2, 0) is 4.84 Å². The first kappa shape index (κ1) is 15.4. The quantitative estimate of drug-likeness (QED) is 0.766. The van der Waals surface area contributed by atoms with Crippen LogP contribution in [0.4, 0.5) is 0 Å². The maximum absolute atomic E-state index is 13.1. The summed E-state index contributed by atoms with van der Waals surface area (Å²) in [6.45, 7) is 1.82. The van der Waals surface area contributed by atoms with Crippen molar-refractivity contribution >= 4 is 16.8 Å². The van der Waals surface area contributed by atoms with Crippen molar-refractivity contribution in [3.05, 3.63) is 29.5 Å². The Kier molecular flexibility index (Phi) is 3.52. The second-order valence-electron chi connectivity index (χ2n) is 6.41. The number of aliphatic hydroxyl groups excluding tert-OH is 2. The topological polar surface area (TPSA) is 95.0 Å². The predicted octanol–water partition coefficient (Wildman–Crippen LogP) is 1.13. The number of methoxy groups -OCH3 is 1. The van der Waals surface area contributed by atoms with Gasteiger partial charge in [-0.2, -0.15) is 0 Å². The van der Waals surface area contributed by atoms with Crippen molar-refractivity contribution in [2.75, 3.05) is 7.11 Å². The van der Waals surface area contributed by atoms with E-state index in [2.05, 4.69) is 4.98 Å². The van der Waals surface area contributed by atoms with Crippen LogP contribution in [-0.4, -0.2) is 57.6 Å². The van der Waals surface area contributed by atoms with Crippen LogP contribution in [0.5, 0.6) is 5.75 Å². The molecule has 24 heavy (non-hydrogen) atoms. The number of rotatable bonds is 2. The molecule has 3 N–H and O–H groups in total. The third-order valence-electron chi connectivity index (χ3n) is 5.04. The Balaban J connectivity index is 1.76. The lowest BCUT2D eigenvalue weighted by Crippen LogP contribution is -2.65. The molecule has 4 atom stereocenters. The number of hydrogen-bond donors (Lipinski definition) is 3. The van der Waals surface area contributed by atoms with Gasteiger partial charge in [-0.25, -0.2) is 5.06 Å². The van der Waals surface area contributed by atoms with Gasteiger partial charge in [0, 0.05) is 11.1 Å². The zero-order valence-electron chi connectivity index (χ0n) is 13.5. The summed E-state index contributed by atoms with van der Waals surface area (Å²) >= 11 is 0. The molecule has 3 heterocycles. The van der Waals surface area contributed by atoms with Gasteiger partial charge in [-0.1, -0.05) is 12.1 Å². The number of para-hydroxylation sites is 1. The number of nitrogens with one attached hydrogen (secondary N) is 1.